The maximum atomic E-state index is 11.5. The van der Waals surface area contributed by atoms with Crippen molar-refractivity contribution in [2.75, 3.05) is 18.8 Å². The molecule has 0 aromatic heterocycles. The molecule has 1 aromatic rings. The standard InChI is InChI=1S/C16H22N2OS/c1-4-9-17-13(3)14-7-6-8-15(11-14)20-12-16(19)18-10-5-2/h2,6-8,11,13,17H,4,9-10,12H2,1,3H3,(H,18,19). The Labute approximate surface area is 125 Å². The van der Waals surface area contributed by atoms with E-state index in [-0.39, 0.29) is 12.5 Å². The average Bonchev–Trinajstić information content (AvgIpc) is 2.48. The van der Waals surface area contributed by atoms with Crippen LogP contribution >= 0.6 is 11.8 Å². The molecule has 4 heteroatoms. The fourth-order valence-electron chi connectivity index (χ4n) is 1.70. The number of carbonyl (C=O) groups excluding carboxylic acids is 1. The number of carbonyl (C=O) groups is 1. The summed E-state index contributed by atoms with van der Waals surface area (Å²) in [7, 11) is 0. The van der Waals surface area contributed by atoms with E-state index in [1.165, 1.54) is 17.3 Å². The highest BCUT2D eigenvalue weighted by Gasteiger charge is 2.06. The van der Waals surface area contributed by atoms with Gasteiger partial charge in [0.25, 0.3) is 0 Å². The molecule has 0 fully saturated rings. The monoisotopic (exact) mass is 290 g/mol. The van der Waals surface area contributed by atoms with Crippen molar-refractivity contribution in [2.45, 2.75) is 31.2 Å². The van der Waals surface area contributed by atoms with Crippen LogP contribution < -0.4 is 10.6 Å². The zero-order valence-corrected chi connectivity index (χ0v) is 12.9. The van der Waals surface area contributed by atoms with E-state index in [1.54, 1.807) is 0 Å². The van der Waals surface area contributed by atoms with Gasteiger partial charge in [-0.3, -0.25) is 4.79 Å². The van der Waals surface area contributed by atoms with E-state index in [2.05, 4.69) is 42.5 Å². The highest BCUT2D eigenvalue weighted by atomic mass is 32.2. The SMILES string of the molecule is C#CCNC(=O)CSc1cccc(C(C)NCCC)c1. The van der Waals surface area contributed by atoms with Crippen LogP contribution in [0.5, 0.6) is 0 Å². The van der Waals surface area contributed by atoms with Gasteiger partial charge in [-0.15, -0.1) is 18.2 Å². The summed E-state index contributed by atoms with van der Waals surface area (Å²) < 4.78 is 0. The van der Waals surface area contributed by atoms with Crippen LogP contribution in [0.15, 0.2) is 29.2 Å². The van der Waals surface area contributed by atoms with E-state index in [1.807, 2.05) is 12.1 Å². The lowest BCUT2D eigenvalue weighted by Gasteiger charge is -2.14. The van der Waals surface area contributed by atoms with Gasteiger partial charge in [0.2, 0.25) is 5.91 Å². The molecule has 0 aliphatic heterocycles. The van der Waals surface area contributed by atoms with Crippen LogP contribution in [0.1, 0.15) is 31.9 Å². The molecule has 0 heterocycles. The third-order valence-electron chi connectivity index (χ3n) is 2.82. The zero-order chi connectivity index (χ0) is 14.8. The lowest BCUT2D eigenvalue weighted by Crippen LogP contribution is -2.25. The van der Waals surface area contributed by atoms with Crippen molar-refractivity contribution in [3.8, 4) is 12.3 Å². The van der Waals surface area contributed by atoms with Gasteiger partial charge < -0.3 is 10.6 Å². The first-order valence-electron chi connectivity index (χ1n) is 6.83. The normalized spacial score (nSPS) is 11.7. The maximum absolute atomic E-state index is 11.5. The smallest absolute Gasteiger partial charge is 0.231 e. The Morgan fingerprint density at radius 2 is 2.30 bits per heavy atom. The maximum Gasteiger partial charge on any atom is 0.231 e. The number of amides is 1. The van der Waals surface area contributed by atoms with Gasteiger partial charge in [-0.2, -0.15) is 0 Å². The molecular formula is C16H22N2OS. The molecule has 0 aliphatic carbocycles. The van der Waals surface area contributed by atoms with Gasteiger partial charge in [0.15, 0.2) is 0 Å². The van der Waals surface area contributed by atoms with E-state index in [0.717, 1.165) is 17.9 Å². The topological polar surface area (TPSA) is 41.1 Å². The number of rotatable bonds is 8. The summed E-state index contributed by atoms with van der Waals surface area (Å²) in [4.78, 5) is 12.6. The second kappa shape index (κ2) is 9.46. The predicted octanol–water partition coefficient (Wildman–Crippen LogP) is 2.59. The van der Waals surface area contributed by atoms with E-state index < -0.39 is 0 Å². The summed E-state index contributed by atoms with van der Waals surface area (Å²) in [5.74, 6) is 2.75. The number of benzene rings is 1. The minimum absolute atomic E-state index is 0.0319. The molecule has 20 heavy (non-hydrogen) atoms. The molecule has 0 saturated carbocycles. The zero-order valence-electron chi connectivity index (χ0n) is 12.1. The van der Waals surface area contributed by atoms with Crippen LogP contribution in [0, 0.1) is 12.3 Å². The number of terminal acetylenes is 1. The highest BCUT2D eigenvalue weighted by Crippen LogP contribution is 2.22. The van der Waals surface area contributed by atoms with Crippen molar-refractivity contribution in [2.24, 2.45) is 0 Å². The van der Waals surface area contributed by atoms with Crippen LogP contribution in [0.2, 0.25) is 0 Å². The van der Waals surface area contributed by atoms with Crippen LogP contribution in [-0.2, 0) is 4.79 Å². The molecule has 3 nitrogen and oxygen atoms in total. The fourth-order valence-corrected chi connectivity index (χ4v) is 2.50. The Morgan fingerprint density at radius 1 is 1.50 bits per heavy atom. The summed E-state index contributed by atoms with van der Waals surface area (Å²) in [5.41, 5.74) is 1.24. The molecule has 2 N–H and O–H groups in total. The van der Waals surface area contributed by atoms with Crippen LogP contribution in [0.3, 0.4) is 0 Å². The van der Waals surface area contributed by atoms with Gasteiger partial charge in [-0.25, -0.2) is 0 Å². The molecule has 0 saturated heterocycles. The number of hydrogen-bond acceptors (Lipinski definition) is 3. The first-order valence-corrected chi connectivity index (χ1v) is 7.82. The van der Waals surface area contributed by atoms with E-state index >= 15 is 0 Å². The van der Waals surface area contributed by atoms with Crippen LogP contribution in [0.25, 0.3) is 0 Å². The molecule has 1 unspecified atom stereocenters. The van der Waals surface area contributed by atoms with Crippen LogP contribution in [0.4, 0.5) is 0 Å². The van der Waals surface area contributed by atoms with Crippen LogP contribution in [-0.4, -0.2) is 24.7 Å². The molecule has 1 rings (SSSR count). The molecule has 0 bridgehead atoms. The lowest BCUT2D eigenvalue weighted by atomic mass is 10.1. The predicted molar refractivity (Wildman–Crippen MR) is 85.7 cm³/mol. The largest absolute Gasteiger partial charge is 0.344 e. The Balaban J connectivity index is 2.51. The summed E-state index contributed by atoms with van der Waals surface area (Å²) >= 11 is 1.53. The second-order valence-corrected chi connectivity index (χ2v) is 5.57. The molecule has 0 aliphatic rings. The third-order valence-corrected chi connectivity index (χ3v) is 3.81. The van der Waals surface area contributed by atoms with E-state index in [9.17, 15) is 4.79 Å². The Bertz CT molecular complexity index is 468. The van der Waals surface area contributed by atoms with Crippen molar-refractivity contribution in [1.82, 2.24) is 10.6 Å². The first kappa shape index (κ1) is 16.6. The van der Waals surface area contributed by atoms with E-state index in [4.69, 9.17) is 6.42 Å². The molecular weight excluding hydrogens is 268 g/mol. The Kier molecular flexibility index (Phi) is 7.86. The summed E-state index contributed by atoms with van der Waals surface area (Å²) in [6, 6.07) is 8.62. The van der Waals surface area contributed by atoms with Gasteiger partial charge in [0.1, 0.15) is 0 Å². The minimum Gasteiger partial charge on any atom is -0.344 e. The summed E-state index contributed by atoms with van der Waals surface area (Å²) in [6.45, 7) is 5.60. The van der Waals surface area contributed by atoms with Crippen molar-refractivity contribution < 1.29 is 4.79 Å². The summed E-state index contributed by atoms with van der Waals surface area (Å²) in [5, 5.41) is 6.12. The van der Waals surface area contributed by atoms with Gasteiger partial charge in [-0.1, -0.05) is 25.0 Å². The molecule has 0 radical (unpaired) electrons. The second-order valence-electron chi connectivity index (χ2n) is 4.52. The minimum atomic E-state index is -0.0319. The third kappa shape index (κ3) is 6.14. The van der Waals surface area contributed by atoms with Crippen molar-refractivity contribution in [3.05, 3.63) is 29.8 Å². The molecule has 108 valence electrons. The lowest BCUT2D eigenvalue weighted by molar-refractivity contribution is -0.118. The van der Waals surface area contributed by atoms with Gasteiger partial charge in [0.05, 0.1) is 12.3 Å². The van der Waals surface area contributed by atoms with Gasteiger partial charge in [0, 0.05) is 10.9 Å². The first-order chi connectivity index (χ1) is 9.67. The van der Waals surface area contributed by atoms with Crippen molar-refractivity contribution >= 4 is 17.7 Å². The van der Waals surface area contributed by atoms with Gasteiger partial charge >= 0.3 is 0 Å². The molecule has 1 atom stereocenters. The summed E-state index contributed by atoms with van der Waals surface area (Å²) in [6.07, 6.45) is 6.22. The van der Waals surface area contributed by atoms with E-state index in [0.29, 0.717) is 11.8 Å². The molecule has 0 spiro atoms. The van der Waals surface area contributed by atoms with Crippen molar-refractivity contribution in [1.29, 1.82) is 0 Å². The average molecular weight is 290 g/mol. The molecule has 1 aromatic carbocycles. The quantitative estimate of drug-likeness (QED) is 0.571. The molecule has 1 amide bonds. The number of nitrogens with one attached hydrogen (secondary N) is 2. The fraction of sp³-hybridized carbons (Fsp3) is 0.438. The Morgan fingerprint density at radius 3 is 3.00 bits per heavy atom. The number of hydrogen-bond donors (Lipinski definition) is 2. The Hall–Kier alpha value is -1.44. The highest BCUT2D eigenvalue weighted by molar-refractivity contribution is 8.00. The number of thioether (sulfide) groups is 1. The van der Waals surface area contributed by atoms with Gasteiger partial charge in [-0.05, 0) is 37.6 Å². The van der Waals surface area contributed by atoms with Crippen molar-refractivity contribution in [3.63, 3.8) is 0 Å².